The van der Waals surface area contributed by atoms with Crippen molar-refractivity contribution in [3.63, 3.8) is 0 Å². The summed E-state index contributed by atoms with van der Waals surface area (Å²) >= 11 is 0. The molecule has 0 N–H and O–H groups in total. The van der Waals surface area contributed by atoms with E-state index in [1.165, 1.54) is 17.2 Å². The van der Waals surface area contributed by atoms with Gasteiger partial charge in [0.05, 0.1) is 18.3 Å². The summed E-state index contributed by atoms with van der Waals surface area (Å²) in [6.07, 6.45) is 1.05. The zero-order valence-electron chi connectivity index (χ0n) is 19.9. The average molecular weight is 493 g/mol. The molecule has 6 heteroatoms. The second-order valence-electron chi connectivity index (χ2n) is 9.24. The second kappa shape index (κ2) is 11.8. The molecule has 5 rings (SSSR count). The second-order valence-corrected chi connectivity index (χ2v) is 9.24. The summed E-state index contributed by atoms with van der Waals surface area (Å²) in [6.45, 7) is 4.34. The van der Waals surface area contributed by atoms with Crippen molar-refractivity contribution in [1.82, 2.24) is 4.90 Å². The van der Waals surface area contributed by atoms with Crippen LogP contribution >= 0.6 is 13.5 Å². The smallest absolute Gasteiger partial charge is 0.146 e. The van der Waals surface area contributed by atoms with E-state index in [2.05, 4.69) is 58.3 Å². The van der Waals surface area contributed by atoms with Gasteiger partial charge in [-0.1, -0.05) is 66.7 Å². The Morgan fingerprint density at radius 1 is 0.914 bits per heavy atom. The fraction of sp³-hybridized carbons (Fsp3) is 0.345. The molecule has 2 heterocycles. The lowest BCUT2D eigenvalue weighted by molar-refractivity contribution is -0.122. The van der Waals surface area contributed by atoms with Gasteiger partial charge in [0.1, 0.15) is 11.6 Å². The van der Waals surface area contributed by atoms with Crippen LogP contribution in [-0.2, 0) is 16.0 Å². The fourth-order valence-corrected chi connectivity index (χ4v) is 5.16. The first-order valence-electron chi connectivity index (χ1n) is 12.2. The molecule has 0 aromatic heterocycles. The first-order chi connectivity index (χ1) is 16.7. The predicted octanol–water partition coefficient (Wildman–Crippen LogP) is 5.00. The van der Waals surface area contributed by atoms with Gasteiger partial charge in [0.25, 0.3) is 0 Å². The van der Waals surface area contributed by atoms with E-state index in [0.29, 0.717) is 18.9 Å². The predicted molar refractivity (Wildman–Crippen MR) is 143 cm³/mol. The Balaban J connectivity index is 0.00000289. The number of halogens is 1. The molecule has 0 saturated carbocycles. The number of ketones is 1. The third-order valence-corrected chi connectivity index (χ3v) is 7.03. The molecular formula is C29H33FN2O2S. The number of Topliss-reactive ketones (excluding diaryl/α,β-unsaturated/α-hetero) is 1. The van der Waals surface area contributed by atoms with Crippen molar-refractivity contribution in [2.24, 2.45) is 5.92 Å². The molecule has 0 aliphatic carbocycles. The van der Waals surface area contributed by atoms with Crippen molar-refractivity contribution in [2.75, 3.05) is 44.3 Å². The van der Waals surface area contributed by atoms with E-state index in [1.54, 1.807) is 0 Å². The third-order valence-electron chi connectivity index (χ3n) is 7.03. The van der Waals surface area contributed by atoms with Gasteiger partial charge in [0, 0.05) is 45.1 Å². The van der Waals surface area contributed by atoms with Crippen LogP contribution in [0.1, 0.15) is 29.2 Å². The molecule has 4 nitrogen and oxygen atoms in total. The van der Waals surface area contributed by atoms with E-state index < -0.39 is 0 Å². The number of ether oxygens (including phenoxy) is 1. The van der Waals surface area contributed by atoms with Crippen LogP contribution < -0.4 is 4.90 Å². The molecule has 3 aromatic carbocycles. The Kier molecular flexibility index (Phi) is 8.60. The van der Waals surface area contributed by atoms with Crippen LogP contribution in [0, 0.1) is 11.7 Å². The van der Waals surface area contributed by atoms with Gasteiger partial charge < -0.3 is 9.64 Å². The van der Waals surface area contributed by atoms with Crippen molar-refractivity contribution in [1.29, 1.82) is 0 Å². The molecule has 1 atom stereocenters. The normalized spacial score (nSPS) is 18.5. The number of hydrogen-bond acceptors (Lipinski definition) is 4. The van der Waals surface area contributed by atoms with Gasteiger partial charge in [-0.05, 0) is 35.2 Å². The van der Waals surface area contributed by atoms with Gasteiger partial charge in [-0.2, -0.15) is 13.5 Å². The molecule has 35 heavy (non-hydrogen) atoms. The molecule has 0 amide bonds. The van der Waals surface area contributed by atoms with E-state index in [-0.39, 0.29) is 43.5 Å². The highest BCUT2D eigenvalue weighted by atomic mass is 32.1. The van der Waals surface area contributed by atoms with E-state index in [4.69, 9.17) is 4.74 Å². The molecule has 0 unspecified atom stereocenters. The highest BCUT2D eigenvalue weighted by Gasteiger charge is 2.28. The molecule has 3 aromatic rings. The van der Waals surface area contributed by atoms with Gasteiger partial charge in [-0.25, -0.2) is 4.39 Å². The van der Waals surface area contributed by atoms with Crippen LogP contribution in [0.2, 0.25) is 0 Å². The summed E-state index contributed by atoms with van der Waals surface area (Å²) in [4.78, 5) is 17.0. The largest absolute Gasteiger partial charge is 0.381 e. The van der Waals surface area contributed by atoms with Gasteiger partial charge in [0.2, 0.25) is 0 Å². The number of nitrogens with zero attached hydrogens (tertiary/aromatic N) is 2. The third kappa shape index (κ3) is 5.95. The lowest BCUT2D eigenvalue weighted by Gasteiger charge is -2.40. The van der Waals surface area contributed by atoms with Crippen LogP contribution in [-0.4, -0.2) is 50.1 Å². The first-order valence-corrected chi connectivity index (χ1v) is 12.2. The van der Waals surface area contributed by atoms with Crippen molar-refractivity contribution in [3.8, 4) is 0 Å². The number of benzene rings is 3. The van der Waals surface area contributed by atoms with Crippen molar-refractivity contribution in [2.45, 2.75) is 18.9 Å². The highest BCUT2D eigenvalue weighted by Crippen LogP contribution is 2.31. The Labute approximate surface area is 214 Å². The molecule has 0 spiro atoms. The summed E-state index contributed by atoms with van der Waals surface area (Å²) in [5.41, 5.74) is 3.91. The number of anilines is 1. The number of carbonyl (C=O) groups excluding carboxylic acids is 1. The Bertz CT molecular complexity index is 1060. The Morgan fingerprint density at radius 2 is 1.54 bits per heavy atom. The molecule has 2 aliphatic heterocycles. The van der Waals surface area contributed by atoms with Crippen LogP contribution in [0.3, 0.4) is 0 Å². The van der Waals surface area contributed by atoms with Crippen LogP contribution in [0.5, 0.6) is 0 Å². The Hall–Kier alpha value is -2.67. The van der Waals surface area contributed by atoms with Crippen LogP contribution in [0.15, 0.2) is 78.9 Å². The summed E-state index contributed by atoms with van der Waals surface area (Å²) in [5, 5.41) is 0. The van der Waals surface area contributed by atoms with E-state index in [1.807, 2.05) is 24.3 Å². The maximum Gasteiger partial charge on any atom is 0.146 e. The zero-order chi connectivity index (χ0) is 23.3. The minimum atomic E-state index is -0.246. The zero-order valence-corrected chi connectivity index (χ0v) is 20.9. The quantitative estimate of drug-likeness (QED) is 0.465. The maximum absolute atomic E-state index is 15.1. The number of piperazine rings is 1. The molecule has 2 saturated heterocycles. The minimum Gasteiger partial charge on any atom is -0.381 e. The van der Waals surface area contributed by atoms with Crippen molar-refractivity contribution < 1.29 is 13.9 Å². The number of carbonyl (C=O) groups is 1. The maximum atomic E-state index is 15.1. The number of hydrogen-bond donors (Lipinski definition) is 0. The molecule has 184 valence electrons. The van der Waals surface area contributed by atoms with Crippen LogP contribution in [0.25, 0.3) is 0 Å². The summed E-state index contributed by atoms with van der Waals surface area (Å²) < 4.78 is 20.4. The monoisotopic (exact) mass is 492 g/mol. The van der Waals surface area contributed by atoms with Crippen molar-refractivity contribution >= 4 is 25.0 Å². The molecule has 2 fully saturated rings. The molecule has 0 bridgehead atoms. The topological polar surface area (TPSA) is 32.8 Å². The summed E-state index contributed by atoms with van der Waals surface area (Å²) in [5.74, 6) is -0.145. The summed E-state index contributed by atoms with van der Waals surface area (Å²) in [7, 11) is 0. The van der Waals surface area contributed by atoms with Gasteiger partial charge >= 0.3 is 0 Å². The molecule has 2 aliphatic rings. The molecule has 0 radical (unpaired) electrons. The lowest BCUT2D eigenvalue weighted by atomic mass is 9.96. The highest BCUT2D eigenvalue weighted by molar-refractivity contribution is 7.59. The van der Waals surface area contributed by atoms with E-state index >= 15 is 4.39 Å². The standard InChI is InChI=1S/C29H31FN2O2.H2S/c30-26-19-22(20-28(33)25-13-18-34-21-25)11-12-27(26)31-14-16-32(17-15-31)29(23-7-3-1-4-8-23)24-9-5-2-6-10-24;/h1-12,19,25,29H,13-18,20-21H2;1H2/t25-;/m0./s1. The SMILES string of the molecule is O=C(Cc1ccc(N2CCN(C(c3ccccc3)c3ccccc3)CC2)c(F)c1)[C@H]1CCOC1.S. The van der Waals surface area contributed by atoms with Crippen LogP contribution in [0.4, 0.5) is 10.1 Å². The van der Waals surface area contributed by atoms with Gasteiger partial charge in [0.15, 0.2) is 0 Å². The fourth-order valence-electron chi connectivity index (χ4n) is 5.16. The Morgan fingerprint density at radius 3 is 2.09 bits per heavy atom. The first kappa shape index (κ1) is 25.4. The van der Waals surface area contributed by atoms with Gasteiger partial charge in [-0.15, -0.1) is 0 Å². The summed E-state index contributed by atoms with van der Waals surface area (Å²) in [6, 6.07) is 26.6. The van der Waals surface area contributed by atoms with Gasteiger partial charge in [-0.3, -0.25) is 9.69 Å². The van der Waals surface area contributed by atoms with Crippen molar-refractivity contribution in [3.05, 3.63) is 101 Å². The molecular weight excluding hydrogens is 459 g/mol. The number of rotatable bonds is 7. The van der Waals surface area contributed by atoms with E-state index in [9.17, 15) is 4.79 Å². The lowest BCUT2D eigenvalue weighted by Crippen LogP contribution is -2.48. The average Bonchev–Trinajstić information content (AvgIpc) is 3.42. The van der Waals surface area contributed by atoms with E-state index in [0.717, 1.165) is 38.2 Å². The minimum absolute atomic E-state index is 0.